The Kier molecular flexibility index (Phi) is 6.98. The maximum Gasteiger partial charge on any atom is 0.271 e. The highest BCUT2D eigenvalue weighted by molar-refractivity contribution is 7.90. The van der Waals surface area contributed by atoms with E-state index in [0.29, 0.717) is 35.6 Å². The number of benzene rings is 2. The van der Waals surface area contributed by atoms with Gasteiger partial charge in [-0.05, 0) is 30.7 Å². The largest absolute Gasteiger partial charge is 0.380 e. The second kappa shape index (κ2) is 9.50. The van der Waals surface area contributed by atoms with E-state index in [4.69, 9.17) is 4.74 Å². The fourth-order valence-electron chi connectivity index (χ4n) is 2.95. The number of non-ortho nitro benzene ring substituents is 1. The maximum absolute atomic E-state index is 12.6. The summed E-state index contributed by atoms with van der Waals surface area (Å²) in [4.78, 5) is 28.1. The van der Waals surface area contributed by atoms with Crippen LogP contribution in [0.25, 0.3) is 10.2 Å². The lowest BCUT2D eigenvalue weighted by atomic mass is 10.1. The number of nitro benzene ring substituents is 1. The molecule has 0 spiro atoms. The molecule has 0 aliphatic carbocycles. The van der Waals surface area contributed by atoms with E-state index in [1.54, 1.807) is 22.8 Å². The van der Waals surface area contributed by atoms with Crippen molar-refractivity contribution in [2.75, 3.05) is 19.5 Å². The lowest BCUT2D eigenvalue weighted by Gasteiger charge is -2.05. The standard InChI is InChI=1S/C20H21N3O6S2/c1-3-29-11-10-22-17-13-15(23(25)26)6-9-18(17)30-20(22)21-19(24)12-14-4-7-16(8-5-14)31(2,27)28/h4-9,13H,3,10-12H2,1-2H3. The fourth-order valence-corrected chi connectivity index (χ4v) is 4.63. The second-order valence-corrected chi connectivity index (χ2v) is 9.77. The molecule has 0 saturated carbocycles. The maximum atomic E-state index is 12.6. The van der Waals surface area contributed by atoms with Crippen LogP contribution in [-0.4, -0.2) is 43.3 Å². The van der Waals surface area contributed by atoms with Crippen LogP contribution in [0.3, 0.4) is 0 Å². The molecule has 31 heavy (non-hydrogen) atoms. The predicted molar refractivity (Wildman–Crippen MR) is 117 cm³/mol. The van der Waals surface area contributed by atoms with Crippen molar-refractivity contribution < 1.29 is 22.9 Å². The summed E-state index contributed by atoms with van der Waals surface area (Å²) in [5.41, 5.74) is 1.21. The summed E-state index contributed by atoms with van der Waals surface area (Å²) >= 11 is 1.27. The summed E-state index contributed by atoms with van der Waals surface area (Å²) in [7, 11) is -3.31. The number of sulfone groups is 1. The van der Waals surface area contributed by atoms with Crippen molar-refractivity contribution in [1.82, 2.24) is 4.57 Å². The Labute approximate surface area is 182 Å². The fraction of sp³-hybridized carbons (Fsp3) is 0.300. The summed E-state index contributed by atoms with van der Waals surface area (Å²) in [6, 6.07) is 10.6. The summed E-state index contributed by atoms with van der Waals surface area (Å²) in [5.74, 6) is -0.404. The van der Waals surface area contributed by atoms with Crippen molar-refractivity contribution in [3.8, 4) is 0 Å². The van der Waals surface area contributed by atoms with E-state index in [1.165, 1.54) is 35.6 Å². The van der Waals surface area contributed by atoms with Gasteiger partial charge in [-0.25, -0.2) is 8.42 Å². The molecule has 2 aromatic carbocycles. The zero-order chi connectivity index (χ0) is 22.6. The van der Waals surface area contributed by atoms with E-state index in [9.17, 15) is 23.3 Å². The number of aromatic nitrogens is 1. The molecule has 0 unspecified atom stereocenters. The van der Waals surface area contributed by atoms with E-state index in [0.717, 1.165) is 11.0 Å². The minimum absolute atomic E-state index is 0.00386. The number of carbonyl (C=O) groups is 1. The molecule has 164 valence electrons. The number of rotatable bonds is 8. The second-order valence-electron chi connectivity index (χ2n) is 6.74. The lowest BCUT2D eigenvalue weighted by molar-refractivity contribution is -0.384. The summed E-state index contributed by atoms with van der Waals surface area (Å²) in [6.45, 7) is 3.16. The van der Waals surface area contributed by atoms with Crippen molar-refractivity contribution in [2.45, 2.75) is 24.8 Å². The highest BCUT2D eigenvalue weighted by Gasteiger charge is 2.14. The smallest absolute Gasteiger partial charge is 0.271 e. The van der Waals surface area contributed by atoms with Gasteiger partial charge >= 0.3 is 0 Å². The van der Waals surface area contributed by atoms with Gasteiger partial charge in [0.25, 0.3) is 11.6 Å². The van der Waals surface area contributed by atoms with Crippen molar-refractivity contribution in [3.63, 3.8) is 0 Å². The van der Waals surface area contributed by atoms with Crippen molar-refractivity contribution in [1.29, 1.82) is 0 Å². The Morgan fingerprint density at radius 1 is 1.23 bits per heavy atom. The van der Waals surface area contributed by atoms with Crippen LogP contribution in [0.1, 0.15) is 12.5 Å². The molecule has 1 amide bonds. The molecule has 1 aromatic heterocycles. The molecule has 0 saturated heterocycles. The molecule has 0 aliphatic heterocycles. The summed E-state index contributed by atoms with van der Waals surface area (Å²) in [6.07, 6.45) is 1.12. The zero-order valence-corrected chi connectivity index (χ0v) is 18.6. The summed E-state index contributed by atoms with van der Waals surface area (Å²) < 4.78 is 31.0. The van der Waals surface area contributed by atoms with E-state index in [-0.39, 0.29) is 17.0 Å². The Morgan fingerprint density at radius 2 is 1.94 bits per heavy atom. The Balaban J connectivity index is 1.94. The van der Waals surface area contributed by atoms with Gasteiger partial charge in [-0.2, -0.15) is 4.99 Å². The highest BCUT2D eigenvalue weighted by Crippen LogP contribution is 2.23. The number of amides is 1. The molecule has 0 radical (unpaired) electrons. The van der Waals surface area contributed by atoms with Crippen LogP contribution in [0.2, 0.25) is 0 Å². The number of ether oxygens (including phenoxy) is 1. The number of hydrogen-bond donors (Lipinski definition) is 0. The van der Waals surface area contributed by atoms with E-state index in [2.05, 4.69) is 4.99 Å². The monoisotopic (exact) mass is 463 g/mol. The van der Waals surface area contributed by atoms with Gasteiger partial charge in [0.15, 0.2) is 14.6 Å². The van der Waals surface area contributed by atoms with Crippen LogP contribution in [0.5, 0.6) is 0 Å². The van der Waals surface area contributed by atoms with Gasteiger partial charge in [-0.1, -0.05) is 23.5 Å². The quantitative estimate of drug-likeness (QED) is 0.288. The molecule has 0 bridgehead atoms. The molecule has 0 aliphatic rings. The molecule has 0 atom stereocenters. The molecule has 0 N–H and O–H groups in total. The molecule has 3 rings (SSSR count). The first-order valence-electron chi connectivity index (χ1n) is 9.41. The first kappa shape index (κ1) is 22.8. The average Bonchev–Trinajstić information content (AvgIpc) is 3.04. The number of nitro groups is 1. The Morgan fingerprint density at radius 3 is 2.55 bits per heavy atom. The molecule has 0 fully saturated rings. The van der Waals surface area contributed by atoms with Crippen LogP contribution in [0.4, 0.5) is 5.69 Å². The van der Waals surface area contributed by atoms with Crippen LogP contribution < -0.4 is 4.80 Å². The number of carbonyl (C=O) groups excluding carboxylic acids is 1. The summed E-state index contributed by atoms with van der Waals surface area (Å²) in [5, 5.41) is 11.1. The van der Waals surface area contributed by atoms with Crippen LogP contribution >= 0.6 is 11.3 Å². The van der Waals surface area contributed by atoms with Gasteiger partial charge in [0.2, 0.25) is 0 Å². The van der Waals surface area contributed by atoms with Crippen LogP contribution in [0, 0.1) is 10.1 Å². The first-order valence-corrected chi connectivity index (χ1v) is 12.1. The van der Waals surface area contributed by atoms with Crippen molar-refractivity contribution in [3.05, 3.63) is 62.9 Å². The van der Waals surface area contributed by atoms with Gasteiger partial charge in [0.1, 0.15) is 0 Å². The van der Waals surface area contributed by atoms with Crippen LogP contribution in [-0.2, 0) is 32.3 Å². The molecule has 3 aromatic rings. The lowest BCUT2D eigenvalue weighted by Crippen LogP contribution is -2.20. The average molecular weight is 464 g/mol. The molecule has 9 nitrogen and oxygen atoms in total. The van der Waals surface area contributed by atoms with E-state index >= 15 is 0 Å². The topological polar surface area (TPSA) is 121 Å². The van der Waals surface area contributed by atoms with Gasteiger partial charge < -0.3 is 9.30 Å². The highest BCUT2D eigenvalue weighted by atomic mass is 32.2. The van der Waals surface area contributed by atoms with Crippen LogP contribution in [0.15, 0.2) is 52.4 Å². The number of nitrogens with zero attached hydrogens (tertiary/aromatic N) is 3. The van der Waals surface area contributed by atoms with E-state index < -0.39 is 20.7 Å². The zero-order valence-electron chi connectivity index (χ0n) is 17.0. The molecule has 1 heterocycles. The normalized spacial score (nSPS) is 12.4. The minimum atomic E-state index is -3.31. The minimum Gasteiger partial charge on any atom is -0.380 e. The SMILES string of the molecule is CCOCCn1c(=NC(=O)Cc2ccc(S(C)(=O)=O)cc2)sc2ccc([N+](=O)[O-])cc21. The molecular formula is C20H21N3O6S2. The molecular weight excluding hydrogens is 442 g/mol. The van der Waals surface area contributed by atoms with Crippen molar-refractivity contribution >= 4 is 43.0 Å². The third kappa shape index (κ3) is 5.63. The number of thiazole rings is 1. The molecule has 11 heteroatoms. The third-order valence-corrected chi connectivity index (χ3v) is 6.65. The van der Waals surface area contributed by atoms with Crippen molar-refractivity contribution in [2.24, 2.45) is 4.99 Å². The van der Waals surface area contributed by atoms with Gasteiger partial charge in [0.05, 0.1) is 33.1 Å². The van der Waals surface area contributed by atoms with Gasteiger partial charge in [-0.15, -0.1) is 0 Å². The predicted octanol–water partition coefficient (Wildman–Crippen LogP) is 2.72. The third-order valence-electron chi connectivity index (χ3n) is 4.47. The Hall–Kier alpha value is -2.89. The number of fused-ring (bicyclic) bond motifs is 1. The Bertz CT molecular complexity index is 1290. The van der Waals surface area contributed by atoms with Gasteiger partial charge in [0, 0.05) is 31.5 Å². The van der Waals surface area contributed by atoms with E-state index in [1.807, 2.05) is 6.92 Å². The van der Waals surface area contributed by atoms with Gasteiger partial charge in [-0.3, -0.25) is 14.9 Å². The number of hydrogen-bond acceptors (Lipinski definition) is 7. The first-order chi connectivity index (χ1) is 14.7.